The molecular weight excluding hydrogens is 236 g/mol. The Balaban J connectivity index is 2.56. The van der Waals surface area contributed by atoms with Crippen LogP contribution in [-0.2, 0) is 0 Å². The third-order valence-corrected chi connectivity index (χ3v) is 3.06. The smallest absolute Gasteiger partial charge is 0.201 e. The lowest BCUT2D eigenvalue weighted by Gasteiger charge is -2.20. The highest BCUT2D eigenvalue weighted by Crippen LogP contribution is 2.28. The molecule has 1 aromatic carbocycles. The van der Waals surface area contributed by atoms with E-state index >= 15 is 0 Å². The zero-order chi connectivity index (χ0) is 12.6. The van der Waals surface area contributed by atoms with Gasteiger partial charge >= 0.3 is 0 Å². The largest absolute Gasteiger partial charge is 0.369 e. The third kappa shape index (κ3) is 2.23. The fourth-order valence-corrected chi connectivity index (χ4v) is 2.44. The molecule has 2 N–H and O–H groups in total. The molecule has 0 radical (unpaired) electrons. The second-order valence-electron chi connectivity index (χ2n) is 4.56. The number of anilines is 1. The van der Waals surface area contributed by atoms with E-state index in [0.717, 1.165) is 17.6 Å². The number of nitrogens with zero attached hydrogens (tertiary/aromatic N) is 3. The number of nitrogen functional groups attached to an aromatic ring is 1. The lowest BCUT2D eigenvalue weighted by molar-refractivity contribution is 0.342. The number of rotatable bonds is 3. The molecule has 0 amide bonds. The van der Waals surface area contributed by atoms with E-state index in [1.165, 1.54) is 0 Å². The van der Waals surface area contributed by atoms with E-state index in [2.05, 4.69) is 16.8 Å². The molecule has 0 saturated carbocycles. The number of imidazole rings is 1. The first-order chi connectivity index (χ1) is 8.00. The average Bonchev–Trinajstić information content (AvgIpc) is 2.54. The highest BCUT2D eigenvalue weighted by molar-refractivity contribution is 6.35. The second-order valence-corrected chi connectivity index (χ2v) is 4.97. The van der Waals surface area contributed by atoms with E-state index < -0.39 is 0 Å². The summed E-state index contributed by atoms with van der Waals surface area (Å²) in [6, 6.07) is 5.91. The Hall–Kier alpha value is -1.26. The van der Waals surface area contributed by atoms with Crippen LogP contribution in [0.4, 0.5) is 5.95 Å². The Morgan fingerprint density at radius 1 is 1.47 bits per heavy atom. The van der Waals surface area contributed by atoms with Crippen molar-refractivity contribution in [2.24, 2.45) is 0 Å². The minimum Gasteiger partial charge on any atom is -0.369 e. The molecule has 0 spiro atoms. The average molecular weight is 253 g/mol. The van der Waals surface area contributed by atoms with Gasteiger partial charge in [-0.25, -0.2) is 4.98 Å². The fourth-order valence-electron chi connectivity index (χ4n) is 2.18. The van der Waals surface area contributed by atoms with Crippen LogP contribution in [0.5, 0.6) is 0 Å². The molecule has 5 heteroatoms. The van der Waals surface area contributed by atoms with Crippen molar-refractivity contribution in [3.05, 3.63) is 23.2 Å². The normalized spacial score (nSPS) is 13.5. The molecule has 1 aromatic heterocycles. The van der Waals surface area contributed by atoms with Gasteiger partial charge in [0.1, 0.15) is 0 Å². The van der Waals surface area contributed by atoms with Gasteiger partial charge < -0.3 is 15.2 Å². The fraction of sp³-hybridized carbons (Fsp3) is 0.417. The summed E-state index contributed by atoms with van der Waals surface area (Å²) in [4.78, 5) is 6.46. The number of benzene rings is 1. The van der Waals surface area contributed by atoms with Gasteiger partial charge in [-0.1, -0.05) is 17.7 Å². The van der Waals surface area contributed by atoms with Crippen LogP contribution in [0, 0.1) is 0 Å². The molecule has 0 saturated heterocycles. The molecule has 2 rings (SSSR count). The minimum absolute atomic E-state index is 0.231. The molecule has 2 aromatic rings. The van der Waals surface area contributed by atoms with Crippen molar-refractivity contribution in [2.45, 2.75) is 13.0 Å². The number of para-hydroxylation sites is 1. The van der Waals surface area contributed by atoms with E-state index in [1.807, 2.05) is 36.9 Å². The van der Waals surface area contributed by atoms with Crippen molar-refractivity contribution in [2.75, 3.05) is 26.4 Å². The standard InChI is InChI=1S/C12H17ClN4/c1-8(7-16(2)3)17-11-9(13)5-4-6-10(11)15-12(17)14/h4-6,8H,7H2,1-3H3,(H2,14,15). The van der Waals surface area contributed by atoms with E-state index in [1.54, 1.807) is 0 Å². The van der Waals surface area contributed by atoms with Gasteiger partial charge in [0.25, 0.3) is 0 Å². The van der Waals surface area contributed by atoms with Gasteiger partial charge in [0.15, 0.2) is 0 Å². The Kier molecular flexibility index (Phi) is 3.26. The van der Waals surface area contributed by atoms with Crippen LogP contribution in [0.2, 0.25) is 5.02 Å². The second kappa shape index (κ2) is 4.55. The summed E-state index contributed by atoms with van der Waals surface area (Å²) in [6.45, 7) is 3.00. The van der Waals surface area contributed by atoms with Crippen LogP contribution in [0.25, 0.3) is 11.0 Å². The summed E-state index contributed by atoms with van der Waals surface area (Å²) >= 11 is 6.23. The molecule has 0 fully saturated rings. The van der Waals surface area contributed by atoms with Gasteiger partial charge in [-0.15, -0.1) is 0 Å². The molecule has 1 atom stereocenters. The van der Waals surface area contributed by atoms with Gasteiger partial charge in [-0.2, -0.15) is 0 Å². The van der Waals surface area contributed by atoms with Crippen molar-refractivity contribution < 1.29 is 0 Å². The quantitative estimate of drug-likeness (QED) is 0.913. The number of aromatic nitrogens is 2. The maximum atomic E-state index is 6.23. The van der Waals surface area contributed by atoms with Crippen molar-refractivity contribution in [1.29, 1.82) is 0 Å². The van der Waals surface area contributed by atoms with Crippen molar-refractivity contribution in [3.63, 3.8) is 0 Å². The van der Waals surface area contributed by atoms with Crippen LogP contribution < -0.4 is 5.73 Å². The van der Waals surface area contributed by atoms with Gasteiger partial charge in [-0.3, -0.25) is 0 Å². The van der Waals surface area contributed by atoms with E-state index in [9.17, 15) is 0 Å². The van der Waals surface area contributed by atoms with Gasteiger partial charge in [0, 0.05) is 12.6 Å². The Morgan fingerprint density at radius 3 is 2.82 bits per heavy atom. The third-order valence-electron chi connectivity index (χ3n) is 2.76. The van der Waals surface area contributed by atoms with E-state index in [-0.39, 0.29) is 6.04 Å². The predicted molar refractivity (Wildman–Crippen MR) is 72.4 cm³/mol. The summed E-state index contributed by atoms with van der Waals surface area (Å²) in [5.74, 6) is 0.516. The molecule has 0 aliphatic heterocycles. The summed E-state index contributed by atoms with van der Waals surface area (Å²) in [5, 5.41) is 0.692. The maximum absolute atomic E-state index is 6.23. The van der Waals surface area contributed by atoms with Gasteiger partial charge in [0.2, 0.25) is 5.95 Å². The Morgan fingerprint density at radius 2 is 2.18 bits per heavy atom. The van der Waals surface area contributed by atoms with Crippen molar-refractivity contribution in [1.82, 2.24) is 14.5 Å². The van der Waals surface area contributed by atoms with Crippen molar-refractivity contribution >= 4 is 28.6 Å². The zero-order valence-corrected chi connectivity index (χ0v) is 11.1. The summed E-state index contributed by atoms with van der Waals surface area (Å²) in [5.41, 5.74) is 7.74. The van der Waals surface area contributed by atoms with Crippen LogP contribution >= 0.6 is 11.6 Å². The van der Waals surface area contributed by atoms with E-state index in [0.29, 0.717) is 11.0 Å². The minimum atomic E-state index is 0.231. The molecule has 92 valence electrons. The molecule has 1 heterocycles. The first-order valence-corrected chi connectivity index (χ1v) is 5.95. The number of hydrogen-bond donors (Lipinski definition) is 1. The number of hydrogen-bond acceptors (Lipinski definition) is 3. The van der Waals surface area contributed by atoms with Crippen molar-refractivity contribution in [3.8, 4) is 0 Å². The maximum Gasteiger partial charge on any atom is 0.201 e. The topological polar surface area (TPSA) is 47.1 Å². The van der Waals surface area contributed by atoms with Gasteiger partial charge in [0.05, 0.1) is 16.1 Å². The molecule has 0 bridgehead atoms. The van der Waals surface area contributed by atoms with Gasteiger partial charge in [-0.05, 0) is 33.2 Å². The molecule has 4 nitrogen and oxygen atoms in total. The lowest BCUT2D eigenvalue weighted by Crippen LogP contribution is -2.23. The summed E-state index contributed by atoms with van der Waals surface area (Å²) in [6.07, 6.45) is 0. The molecular formula is C12H17ClN4. The number of halogens is 1. The molecule has 17 heavy (non-hydrogen) atoms. The highest BCUT2D eigenvalue weighted by atomic mass is 35.5. The monoisotopic (exact) mass is 252 g/mol. The number of likely N-dealkylation sites (N-methyl/N-ethyl adjacent to an activating group) is 1. The van der Waals surface area contributed by atoms with Crippen LogP contribution in [-0.4, -0.2) is 35.1 Å². The summed E-state index contributed by atoms with van der Waals surface area (Å²) < 4.78 is 2.00. The first kappa shape index (κ1) is 12.2. The SMILES string of the molecule is CC(CN(C)C)n1c(N)nc2cccc(Cl)c21. The molecule has 1 unspecified atom stereocenters. The molecule has 0 aliphatic carbocycles. The van der Waals surface area contributed by atoms with Crippen LogP contribution in [0.3, 0.4) is 0 Å². The van der Waals surface area contributed by atoms with Crippen LogP contribution in [0.15, 0.2) is 18.2 Å². The summed E-state index contributed by atoms with van der Waals surface area (Å²) in [7, 11) is 4.07. The lowest BCUT2D eigenvalue weighted by atomic mass is 10.2. The Bertz CT molecular complexity index is 533. The number of nitrogens with two attached hydrogens (primary N) is 1. The number of fused-ring (bicyclic) bond motifs is 1. The predicted octanol–water partition coefficient (Wildman–Crippen LogP) is 2.39. The molecule has 0 aliphatic rings. The van der Waals surface area contributed by atoms with Crippen LogP contribution in [0.1, 0.15) is 13.0 Å². The van der Waals surface area contributed by atoms with E-state index in [4.69, 9.17) is 17.3 Å². The highest BCUT2D eigenvalue weighted by Gasteiger charge is 2.16. The Labute approximate surface area is 106 Å². The zero-order valence-electron chi connectivity index (χ0n) is 10.3. The first-order valence-electron chi connectivity index (χ1n) is 5.57.